The summed E-state index contributed by atoms with van der Waals surface area (Å²) in [6.07, 6.45) is 3.23. The van der Waals surface area contributed by atoms with Gasteiger partial charge in [0.25, 0.3) is 10.0 Å². The largest absolute Gasteiger partial charge is 0.410 e. The van der Waals surface area contributed by atoms with Gasteiger partial charge in [-0.1, -0.05) is 65.8 Å². The van der Waals surface area contributed by atoms with Gasteiger partial charge in [0.1, 0.15) is 0 Å². The van der Waals surface area contributed by atoms with E-state index in [2.05, 4.69) is 46.5 Å². The number of hydrogen-bond acceptors (Lipinski definition) is 5. The molecular weight excluding hydrogens is 486 g/mol. The SMILES string of the molecule is CC(C)[Si](OCc1cccc(-c2cnc3c(ccn3S(=O)(=O)c3ccccc3)c2)n1)(C(C)C)C(C)C. The van der Waals surface area contributed by atoms with Crippen LogP contribution >= 0.6 is 0 Å². The number of benzene rings is 1. The van der Waals surface area contributed by atoms with E-state index in [0.717, 1.165) is 22.3 Å². The number of pyridine rings is 2. The Kier molecular flexibility index (Phi) is 7.50. The summed E-state index contributed by atoms with van der Waals surface area (Å²) in [5.74, 6) is 0. The van der Waals surface area contributed by atoms with Crippen molar-refractivity contribution in [1.82, 2.24) is 13.9 Å². The van der Waals surface area contributed by atoms with Gasteiger partial charge in [0.15, 0.2) is 5.65 Å². The fourth-order valence-corrected chi connectivity index (χ4v) is 12.2. The van der Waals surface area contributed by atoms with Crippen LogP contribution in [0.2, 0.25) is 16.6 Å². The van der Waals surface area contributed by atoms with Crippen molar-refractivity contribution in [3.8, 4) is 11.3 Å². The molecule has 0 aliphatic heterocycles. The quantitative estimate of drug-likeness (QED) is 0.221. The molecule has 4 aromatic rings. The van der Waals surface area contributed by atoms with Gasteiger partial charge in [-0.2, -0.15) is 0 Å². The lowest BCUT2D eigenvalue weighted by atomic mass is 10.1. The van der Waals surface area contributed by atoms with Crippen LogP contribution in [-0.4, -0.2) is 30.7 Å². The number of rotatable bonds is 9. The molecule has 0 aliphatic carbocycles. The lowest BCUT2D eigenvalue weighted by Gasteiger charge is -2.42. The van der Waals surface area contributed by atoms with Crippen LogP contribution in [0.25, 0.3) is 22.3 Å². The van der Waals surface area contributed by atoms with Gasteiger partial charge in [0.05, 0.1) is 22.9 Å². The predicted octanol–water partition coefficient (Wildman–Crippen LogP) is 7.03. The molecule has 0 saturated carbocycles. The first-order valence-corrected chi connectivity index (χ1v) is 16.0. The Labute approximate surface area is 215 Å². The molecule has 1 aromatic carbocycles. The third-order valence-corrected chi connectivity index (χ3v) is 14.8. The van der Waals surface area contributed by atoms with Crippen molar-refractivity contribution in [2.45, 2.75) is 69.7 Å². The molecule has 0 N–H and O–H groups in total. The molecule has 0 spiro atoms. The maximum atomic E-state index is 13.1. The van der Waals surface area contributed by atoms with Crippen molar-refractivity contribution >= 4 is 29.4 Å². The molecule has 0 saturated heterocycles. The van der Waals surface area contributed by atoms with Gasteiger partial charge < -0.3 is 4.43 Å². The Morgan fingerprint density at radius 1 is 0.889 bits per heavy atom. The first kappa shape index (κ1) is 26.3. The fraction of sp³-hybridized carbons (Fsp3) is 0.357. The van der Waals surface area contributed by atoms with Gasteiger partial charge in [-0.25, -0.2) is 17.4 Å². The van der Waals surface area contributed by atoms with E-state index in [1.165, 1.54) is 3.97 Å². The Morgan fingerprint density at radius 3 is 2.19 bits per heavy atom. The number of hydrogen-bond donors (Lipinski definition) is 0. The summed E-state index contributed by atoms with van der Waals surface area (Å²) in [6, 6.07) is 18.0. The highest BCUT2D eigenvalue weighted by atomic mass is 32.2. The van der Waals surface area contributed by atoms with Crippen LogP contribution in [0.15, 0.2) is 78.0 Å². The zero-order chi connectivity index (χ0) is 26.1. The second-order valence-electron chi connectivity index (χ2n) is 10.2. The lowest BCUT2D eigenvalue weighted by molar-refractivity contribution is 0.262. The normalized spacial score (nSPS) is 12.8. The fourth-order valence-electron chi connectivity index (χ4n) is 5.46. The van der Waals surface area contributed by atoms with E-state index in [1.54, 1.807) is 48.8 Å². The zero-order valence-electron chi connectivity index (χ0n) is 21.8. The summed E-state index contributed by atoms with van der Waals surface area (Å²) in [4.78, 5) is 9.61. The molecule has 0 amide bonds. The smallest absolute Gasteiger partial charge is 0.269 e. The third-order valence-electron chi connectivity index (χ3n) is 7.07. The van der Waals surface area contributed by atoms with Gasteiger partial charge in [-0.3, -0.25) is 4.98 Å². The van der Waals surface area contributed by atoms with E-state index >= 15 is 0 Å². The van der Waals surface area contributed by atoms with E-state index in [0.29, 0.717) is 28.9 Å². The van der Waals surface area contributed by atoms with Crippen molar-refractivity contribution in [3.05, 3.63) is 78.8 Å². The monoisotopic (exact) mass is 521 g/mol. The highest BCUT2D eigenvalue weighted by molar-refractivity contribution is 7.90. The molecule has 0 bridgehead atoms. The standard InChI is InChI=1S/C28H35N3O3SSi/c1-20(2)36(21(3)4,22(5)6)34-19-25-11-10-14-27(30-25)24-17-23-15-16-31(28(23)29-18-24)35(32,33)26-12-8-7-9-13-26/h7-18,20-22H,19H2,1-6H3. The average Bonchev–Trinajstić information content (AvgIpc) is 3.29. The van der Waals surface area contributed by atoms with Gasteiger partial charge >= 0.3 is 0 Å². The van der Waals surface area contributed by atoms with Gasteiger partial charge in [0, 0.05) is 23.3 Å². The van der Waals surface area contributed by atoms with Crippen LogP contribution in [-0.2, 0) is 21.1 Å². The van der Waals surface area contributed by atoms with E-state index in [-0.39, 0.29) is 4.90 Å². The van der Waals surface area contributed by atoms with Crippen LogP contribution in [0.5, 0.6) is 0 Å². The van der Waals surface area contributed by atoms with Crippen LogP contribution in [0.1, 0.15) is 47.2 Å². The van der Waals surface area contributed by atoms with Gasteiger partial charge in [-0.05, 0) is 53.0 Å². The summed E-state index contributed by atoms with van der Waals surface area (Å²) in [7, 11) is -5.72. The third kappa shape index (κ3) is 4.77. The predicted molar refractivity (Wildman–Crippen MR) is 148 cm³/mol. The van der Waals surface area contributed by atoms with Gasteiger partial charge in [-0.15, -0.1) is 0 Å². The molecule has 190 valence electrons. The van der Waals surface area contributed by atoms with Crippen LogP contribution < -0.4 is 0 Å². The molecule has 36 heavy (non-hydrogen) atoms. The van der Waals surface area contributed by atoms with Crippen molar-refractivity contribution in [2.75, 3.05) is 0 Å². The summed E-state index contributed by atoms with van der Waals surface area (Å²) >= 11 is 0. The van der Waals surface area contributed by atoms with Crippen molar-refractivity contribution < 1.29 is 12.8 Å². The summed E-state index contributed by atoms with van der Waals surface area (Å²) in [5.41, 5.74) is 4.41. The lowest BCUT2D eigenvalue weighted by Crippen LogP contribution is -2.47. The Bertz CT molecular complexity index is 1430. The minimum atomic E-state index is -3.72. The molecule has 3 aromatic heterocycles. The van der Waals surface area contributed by atoms with Crippen molar-refractivity contribution in [1.29, 1.82) is 0 Å². The molecule has 6 nitrogen and oxygen atoms in total. The molecule has 0 fully saturated rings. The van der Waals surface area contributed by atoms with Crippen molar-refractivity contribution in [2.24, 2.45) is 0 Å². The van der Waals surface area contributed by atoms with E-state index in [4.69, 9.17) is 9.41 Å². The maximum Gasteiger partial charge on any atom is 0.269 e. The zero-order valence-corrected chi connectivity index (χ0v) is 23.7. The average molecular weight is 522 g/mol. The molecule has 4 rings (SSSR count). The Balaban J connectivity index is 1.63. The maximum absolute atomic E-state index is 13.1. The first-order chi connectivity index (χ1) is 17.1. The molecular formula is C28H35N3O3SSi. The summed E-state index contributed by atoms with van der Waals surface area (Å²) < 4.78 is 34.2. The second kappa shape index (κ2) is 10.3. The molecule has 0 atom stereocenters. The minimum absolute atomic E-state index is 0.228. The van der Waals surface area contributed by atoms with Crippen molar-refractivity contribution in [3.63, 3.8) is 0 Å². The Morgan fingerprint density at radius 2 is 1.56 bits per heavy atom. The molecule has 0 aliphatic rings. The summed E-state index contributed by atoms with van der Waals surface area (Å²) in [5, 5.41) is 0.737. The highest BCUT2D eigenvalue weighted by Crippen LogP contribution is 2.42. The van der Waals surface area contributed by atoms with Crippen LogP contribution in [0.4, 0.5) is 0 Å². The molecule has 0 unspecified atom stereocenters. The molecule has 8 heteroatoms. The highest BCUT2D eigenvalue weighted by Gasteiger charge is 2.45. The number of nitrogens with zero attached hydrogens (tertiary/aromatic N) is 3. The number of fused-ring (bicyclic) bond motifs is 1. The van der Waals surface area contributed by atoms with E-state index in [9.17, 15) is 8.42 Å². The Hall–Kier alpha value is -2.81. The van der Waals surface area contributed by atoms with E-state index < -0.39 is 18.3 Å². The summed E-state index contributed by atoms with van der Waals surface area (Å²) in [6.45, 7) is 14.2. The van der Waals surface area contributed by atoms with Crippen LogP contribution in [0, 0.1) is 0 Å². The topological polar surface area (TPSA) is 74.1 Å². The van der Waals surface area contributed by atoms with Gasteiger partial charge in [0.2, 0.25) is 8.32 Å². The van der Waals surface area contributed by atoms with E-state index in [1.807, 2.05) is 24.3 Å². The molecule has 3 heterocycles. The number of aromatic nitrogens is 3. The second-order valence-corrected chi connectivity index (χ2v) is 17.5. The first-order valence-electron chi connectivity index (χ1n) is 12.5. The minimum Gasteiger partial charge on any atom is -0.410 e. The van der Waals surface area contributed by atoms with Crippen LogP contribution in [0.3, 0.4) is 0 Å². The molecule has 0 radical (unpaired) electrons.